The number of fused-ring (bicyclic) bond motifs is 2. The zero-order valence-electron chi connectivity index (χ0n) is 11.4. The molecule has 1 heterocycles. The summed E-state index contributed by atoms with van der Waals surface area (Å²) >= 11 is 0. The molecule has 0 amide bonds. The zero-order valence-corrected chi connectivity index (χ0v) is 11.4. The minimum atomic E-state index is -1.34. The van der Waals surface area contributed by atoms with Gasteiger partial charge in [0.1, 0.15) is 6.10 Å². The molecule has 1 saturated heterocycles. The third-order valence-corrected chi connectivity index (χ3v) is 5.33. The highest BCUT2D eigenvalue weighted by Crippen LogP contribution is 2.54. The van der Waals surface area contributed by atoms with E-state index in [-0.39, 0.29) is 17.4 Å². The van der Waals surface area contributed by atoms with E-state index < -0.39 is 11.6 Å². The molecule has 0 aromatic rings. The van der Waals surface area contributed by atoms with E-state index in [0.717, 1.165) is 6.42 Å². The van der Waals surface area contributed by atoms with Gasteiger partial charge < -0.3 is 9.84 Å². The van der Waals surface area contributed by atoms with Crippen LogP contribution in [0.2, 0.25) is 0 Å². The average molecular weight is 250 g/mol. The van der Waals surface area contributed by atoms with Crippen LogP contribution in [-0.4, -0.2) is 22.8 Å². The Morgan fingerprint density at radius 3 is 2.89 bits per heavy atom. The number of ether oxygens (including phenoxy) is 1. The van der Waals surface area contributed by atoms with Gasteiger partial charge in [0.25, 0.3) is 0 Å². The van der Waals surface area contributed by atoms with Crippen molar-refractivity contribution in [3.63, 3.8) is 0 Å². The van der Waals surface area contributed by atoms with E-state index in [4.69, 9.17) is 4.74 Å². The van der Waals surface area contributed by atoms with E-state index in [1.54, 1.807) is 6.92 Å². The lowest BCUT2D eigenvalue weighted by atomic mass is 9.59. The van der Waals surface area contributed by atoms with Crippen molar-refractivity contribution >= 4 is 5.97 Å². The highest BCUT2D eigenvalue weighted by Gasteiger charge is 2.57. The molecule has 2 fully saturated rings. The number of carbonyl (C=O) groups excluding carboxylic acids is 1. The maximum absolute atomic E-state index is 11.8. The Morgan fingerprint density at radius 2 is 2.17 bits per heavy atom. The Balaban J connectivity index is 2.03. The number of allylic oxidation sites excluding steroid dienone is 1. The highest BCUT2D eigenvalue weighted by atomic mass is 16.6. The van der Waals surface area contributed by atoms with E-state index in [9.17, 15) is 9.90 Å². The molecule has 1 aliphatic heterocycles. The summed E-state index contributed by atoms with van der Waals surface area (Å²) in [7, 11) is 0. The van der Waals surface area contributed by atoms with Crippen LogP contribution in [0.4, 0.5) is 0 Å². The molecule has 1 N–H and O–H groups in total. The van der Waals surface area contributed by atoms with Crippen LogP contribution in [0.1, 0.15) is 46.5 Å². The first kappa shape index (κ1) is 12.2. The van der Waals surface area contributed by atoms with Gasteiger partial charge in [0.05, 0.1) is 5.92 Å². The second-order valence-corrected chi connectivity index (χ2v) is 6.80. The largest absolute Gasteiger partial charge is 0.459 e. The van der Waals surface area contributed by atoms with E-state index in [1.165, 1.54) is 24.8 Å². The number of hydrogen-bond acceptors (Lipinski definition) is 3. The van der Waals surface area contributed by atoms with Crippen molar-refractivity contribution in [3.05, 3.63) is 11.6 Å². The number of rotatable bonds is 0. The summed E-state index contributed by atoms with van der Waals surface area (Å²) in [6, 6.07) is 0. The molecule has 3 aliphatic rings. The van der Waals surface area contributed by atoms with E-state index in [1.807, 2.05) is 0 Å². The van der Waals surface area contributed by atoms with Gasteiger partial charge in [-0.25, -0.2) is 4.79 Å². The molecule has 3 rings (SSSR count). The lowest BCUT2D eigenvalue weighted by Crippen LogP contribution is -2.43. The van der Waals surface area contributed by atoms with Crippen LogP contribution < -0.4 is 0 Å². The molecule has 1 saturated carbocycles. The number of hydrogen-bond donors (Lipinski definition) is 1. The summed E-state index contributed by atoms with van der Waals surface area (Å²) < 4.78 is 5.40. The van der Waals surface area contributed by atoms with Gasteiger partial charge in [-0.3, -0.25) is 0 Å². The van der Waals surface area contributed by atoms with Crippen molar-refractivity contribution in [1.29, 1.82) is 0 Å². The van der Waals surface area contributed by atoms with Gasteiger partial charge in [-0.15, -0.1) is 0 Å². The van der Waals surface area contributed by atoms with Gasteiger partial charge in [-0.1, -0.05) is 31.9 Å². The molecule has 0 spiro atoms. The predicted molar refractivity (Wildman–Crippen MR) is 67.8 cm³/mol. The molecular weight excluding hydrogens is 228 g/mol. The van der Waals surface area contributed by atoms with Crippen LogP contribution >= 0.6 is 0 Å². The Morgan fingerprint density at radius 1 is 1.44 bits per heavy atom. The van der Waals surface area contributed by atoms with Gasteiger partial charge in [-0.2, -0.15) is 0 Å². The van der Waals surface area contributed by atoms with Crippen LogP contribution in [0.15, 0.2) is 11.6 Å². The third-order valence-electron chi connectivity index (χ3n) is 5.33. The lowest BCUT2D eigenvalue weighted by Gasteiger charge is -2.46. The fourth-order valence-corrected chi connectivity index (χ4v) is 4.18. The normalized spacial score (nSPS) is 51.2. The molecule has 0 unspecified atom stereocenters. The average Bonchev–Trinajstić information content (AvgIpc) is 2.47. The van der Waals surface area contributed by atoms with Crippen molar-refractivity contribution in [2.45, 2.75) is 58.2 Å². The summed E-state index contributed by atoms with van der Waals surface area (Å²) in [5.74, 6) is -0.0472. The smallest absolute Gasteiger partial charge is 0.338 e. The van der Waals surface area contributed by atoms with Gasteiger partial charge in [0.2, 0.25) is 0 Å². The molecule has 0 aromatic carbocycles. The molecule has 2 aliphatic carbocycles. The minimum absolute atomic E-state index is 0.133. The molecule has 0 aromatic heterocycles. The van der Waals surface area contributed by atoms with Crippen molar-refractivity contribution in [2.24, 2.45) is 17.3 Å². The predicted octanol–water partition coefficient (Wildman–Crippen LogP) is 2.44. The molecule has 18 heavy (non-hydrogen) atoms. The monoisotopic (exact) mass is 250 g/mol. The van der Waals surface area contributed by atoms with E-state index in [0.29, 0.717) is 5.92 Å². The van der Waals surface area contributed by atoms with Crippen LogP contribution in [-0.2, 0) is 9.53 Å². The van der Waals surface area contributed by atoms with Gasteiger partial charge in [0.15, 0.2) is 5.60 Å². The number of aliphatic hydroxyl groups is 1. The topological polar surface area (TPSA) is 46.5 Å². The van der Waals surface area contributed by atoms with E-state index in [2.05, 4.69) is 19.9 Å². The zero-order chi connectivity index (χ0) is 13.1. The van der Waals surface area contributed by atoms with Crippen LogP contribution in [0.25, 0.3) is 0 Å². The maximum Gasteiger partial charge on any atom is 0.338 e. The summed E-state index contributed by atoms with van der Waals surface area (Å²) in [4.78, 5) is 11.8. The van der Waals surface area contributed by atoms with Gasteiger partial charge in [-0.05, 0) is 37.5 Å². The quantitative estimate of drug-likeness (QED) is 0.530. The Kier molecular flexibility index (Phi) is 2.44. The Bertz CT molecular complexity index is 423. The lowest BCUT2D eigenvalue weighted by molar-refractivity contribution is -0.154. The van der Waals surface area contributed by atoms with Crippen LogP contribution in [0.5, 0.6) is 0 Å². The van der Waals surface area contributed by atoms with E-state index >= 15 is 0 Å². The second-order valence-electron chi connectivity index (χ2n) is 6.80. The minimum Gasteiger partial charge on any atom is -0.459 e. The van der Waals surface area contributed by atoms with Crippen molar-refractivity contribution in [3.8, 4) is 0 Å². The first-order chi connectivity index (χ1) is 8.34. The first-order valence-electron chi connectivity index (χ1n) is 7.00. The Labute approximate surface area is 108 Å². The van der Waals surface area contributed by atoms with Crippen LogP contribution in [0.3, 0.4) is 0 Å². The highest BCUT2D eigenvalue weighted by molar-refractivity contribution is 5.82. The standard InChI is InChI=1S/C15H22O3/c1-9-5-4-6-14(2)8-12-11(7-10(9)14)15(3,17)13(16)18-12/h7,9,11-12,17H,4-6,8H2,1-3H3/t9-,11-,12+,14+,15+/m0/s1. The second kappa shape index (κ2) is 3.60. The Hall–Kier alpha value is -0.830. The molecule has 0 radical (unpaired) electrons. The molecule has 5 atom stereocenters. The SMILES string of the molecule is C[C@H]1CCC[C@]2(C)C[C@H]3OC(=O)[C@](C)(O)[C@H]3C=C12. The summed E-state index contributed by atoms with van der Waals surface area (Å²) in [6.45, 7) is 6.13. The molecule has 3 heteroatoms. The molecule has 3 nitrogen and oxygen atoms in total. The summed E-state index contributed by atoms with van der Waals surface area (Å²) in [5.41, 5.74) is 0.268. The molecule has 100 valence electrons. The van der Waals surface area contributed by atoms with Crippen LogP contribution in [0, 0.1) is 17.3 Å². The number of carbonyl (C=O) groups is 1. The van der Waals surface area contributed by atoms with Crippen molar-refractivity contribution in [2.75, 3.05) is 0 Å². The summed E-state index contributed by atoms with van der Waals surface area (Å²) in [5, 5.41) is 10.3. The number of esters is 1. The van der Waals surface area contributed by atoms with Crippen molar-refractivity contribution in [1.82, 2.24) is 0 Å². The third kappa shape index (κ3) is 1.49. The van der Waals surface area contributed by atoms with Gasteiger partial charge >= 0.3 is 5.97 Å². The van der Waals surface area contributed by atoms with Gasteiger partial charge in [0, 0.05) is 0 Å². The fraction of sp³-hybridized carbons (Fsp3) is 0.800. The molecular formula is C15H22O3. The first-order valence-corrected chi connectivity index (χ1v) is 7.00. The fourth-order valence-electron chi connectivity index (χ4n) is 4.18. The van der Waals surface area contributed by atoms with Crippen molar-refractivity contribution < 1.29 is 14.6 Å². The summed E-state index contributed by atoms with van der Waals surface area (Å²) in [6.07, 6.45) is 6.53. The molecule has 0 bridgehead atoms. The maximum atomic E-state index is 11.8.